The van der Waals surface area contributed by atoms with E-state index in [1.54, 1.807) is 30.3 Å². The molecule has 0 saturated carbocycles. The van der Waals surface area contributed by atoms with Crippen LogP contribution in [0.1, 0.15) is 70.3 Å². The maximum absolute atomic E-state index is 14.3. The number of ketones is 3. The molecule has 2 heterocycles. The van der Waals surface area contributed by atoms with Crippen molar-refractivity contribution >= 4 is 104 Å². The fraction of sp³-hybridized carbons (Fsp3) is 0.581. The van der Waals surface area contributed by atoms with Crippen molar-refractivity contribution in [3.63, 3.8) is 0 Å². The number of rotatable bonds is 14. The molecule has 0 radical (unpaired) electrons. The van der Waals surface area contributed by atoms with Gasteiger partial charge in [-0.1, -0.05) is 51.9 Å². The van der Waals surface area contributed by atoms with Crippen LogP contribution in [0, 0.1) is 17.8 Å². The van der Waals surface area contributed by atoms with Gasteiger partial charge in [0.15, 0.2) is 23.3 Å². The predicted molar refractivity (Wildman–Crippen MR) is 256 cm³/mol. The van der Waals surface area contributed by atoms with E-state index in [9.17, 15) is 57.8 Å². The molecule has 2 fully saturated rings. The van der Waals surface area contributed by atoms with Crippen LogP contribution in [0.2, 0.25) is 0 Å². The lowest BCUT2D eigenvalue weighted by atomic mass is 9.91. The van der Waals surface area contributed by atoms with Gasteiger partial charge in [-0.15, -0.1) is 11.8 Å². The number of carboxylic acid groups (broad SMARTS) is 1. The second-order valence-corrected chi connectivity index (χ2v) is 20.0. The van der Waals surface area contributed by atoms with Gasteiger partial charge in [-0.2, -0.15) is 0 Å². The van der Waals surface area contributed by atoms with Crippen LogP contribution in [0.15, 0.2) is 35.3 Å². The molecule has 3 rings (SSSR count). The van der Waals surface area contributed by atoms with Crippen molar-refractivity contribution in [2.45, 2.75) is 95.3 Å². The van der Waals surface area contributed by atoms with Gasteiger partial charge in [0, 0.05) is 68.4 Å². The summed E-state index contributed by atoms with van der Waals surface area (Å²) >= 11 is 0.934. The number of hydrogen-bond acceptors (Lipinski definition) is 15. The maximum Gasteiger partial charge on any atom is 0.304 e. The van der Waals surface area contributed by atoms with Crippen LogP contribution in [0.5, 0.6) is 0 Å². The fourth-order valence-corrected chi connectivity index (χ4v) is 10.4. The summed E-state index contributed by atoms with van der Waals surface area (Å²) in [6.45, 7) is 1.10. The molecule has 2 saturated heterocycles. The molecule has 22 nitrogen and oxygen atoms in total. The molecule has 0 unspecified atom stereocenters. The summed E-state index contributed by atoms with van der Waals surface area (Å²) in [6, 6.07) is 3.50. The third kappa shape index (κ3) is 21.5. The van der Waals surface area contributed by atoms with E-state index in [1.165, 1.54) is 6.92 Å². The third-order valence-corrected chi connectivity index (χ3v) is 14.2. The van der Waals surface area contributed by atoms with Crippen molar-refractivity contribution in [3.8, 4) is 0 Å². The number of unbranched alkanes of at least 4 members (excludes halogenated alkanes) is 1. The lowest BCUT2D eigenvalue weighted by Crippen LogP contribution is -2.53. The van der Waals surface area contributed by atoms with E-state index in [0.717, 1.165) is 33.3 Å². The Labute approximate surface area is 405 Å². The second-order valence-electron chi connectivity index (χ2n) is 16.4. The zero-order chi connectivity index (χ0) is 50.2. The average Bonchev–Trinajstić information content (AvgIpc) is 3.27. The van der Waals surface area contributed by atoms with E-state index in [-0.39, 0.29) is 73.7 Å². The Kier molecular flexibility index (Phi) is 24.9. The first-order valence-corrected chi connectivity index (χ1v) is 25.7. The van der Waals surface area contributed by atoms with Crippen molar-refractivity contribution in [2.75, 3.05) is 42.6 Å². The van der Waals surface area contributed by atoms with Gasteiger partial charge in [-0.25, -0.2) is 0 Å². The van der Waals surface area contributed by atoms with Gasteiger partial charge in [-0.3, -0.25) is 57.7 Å². The molecule has 13 N–H and O–H groups in total. The number of aliphatic carboxylic acids is 1. The molecule has 25 heteroatoms. The molecule has 0 aromatic heterocycles. The number of hydrogen-bond donors (Lipinski definition) is 10. The Morgan fingerprint density at radius 2 is 1.37 bits per heavy atom. The van der Waals surface area contributed by atoms with Gasteiger partial charge in [0.05, 0.1) is 36.7 Å². The number of nitrogens with one attached hydrogen (secondary N) is 6. The largest absolute Gasteiger partial charge is 0.481 e. The summed E-state index contributed by atoms with van der Waals surface area (Å²) in [5.41, 5.74) is 17.3. The smallest absolute Gasteiger partial charge is 0.304 e. The second kappa shape index (κ2) is 29.9. The molecule has 7 atom stereocenters. The number of carboxylic acids is 1. The summed E-state index contributed by atoms with van der Waals surface area (Å²) < 4.78 is 0. The number of guanidine groups is 1. The van der Waals surface area contributed by atoms with Crippen LogP contribution in [-0.4, -0.2) is 143 Å². The van der Waals surface area contributed by atoms with Crippen molar-refractivity contribution < 1.29 is 57.8 Å². The minimum Gasteiger partial charge on any atom is -0.481 e. The van der Waals surface area contributed by atoms with E-state index in [1.807, 2.05) is 0 Å². The first-order valence-electron chi connectivity index (χ1n) is 22.0. The van der Waals surface area contributed by atoms with Gasteiger partial charge in [-0.05, 0) is 44.1 Å². The molecular formula is C43H62N10O12S3. The Hall–Kier alpha value is -5.69. The standard InChI is InChI=1S/C43H62N10O12S3/c1-24(54)47-12-6-5-11-30-42(65)52-32-22-68-67-21-31(35(57)17-27(14-25-8-3-2-4-9-25)40(63)53-33(38(44)61)20-66-23-36(58)50-30)51-41(64)28(18-37(59)60)15-29(55)19-49-39(62)26(16-34(32)56)10-7-13-48-43(45)46/h2-4,8-9,26-28,30-33H,5-7,10-23H2,1H3,(H2,44,61)(H,47,54)(H,49,62)(H,50,58)(H,51,64)(H,52,65)(H,53,63)(H,59,60)(H4,45,46,48)/t26-,27-,28+,30+,31+,32+,33+/m1/s1. The number of benzene rings is 1. The first kappa shape index (κ1) is 56.6. The number of fused-ring (bicyclic) bond motifs is 5. The minimum atomic E-state index is -1.48. The lowest BCUT2D eigenvalue weighted by molar-refractivity contribution is -0.142. The van der Waals surface area contributed by atoms with Gasteiger partial charge < -0.3 is 54.2 Å². The highest BCUT2D eigenvalue weighted by Gasteiger charge is 2.35. The summed E-state index contributed by atoms with van der Waals surface area (Å²) in [5.74, 6) is -13.0. The zero-order valence-corrected chi connectivity index (χ0v) is 40.2. The van der Waals surface area contributed by atoms with Crippen molar-refractivity contribution in [1.82, 2.24) is 31.9 Å². The van der Waals surface area contributed by atoms with Gasteiger partial charge in [0.2, 0.25) is 41.4 Å². The highest BCUT2D eigenvalue weighted by Crippen LogP contribution is 2.27. The van der Waals surface area contributed by atoms with Crippen LogP contribution in [0.25, 0.3) is 0 Å². The molecule has 68 heavy (non-hydrogen) atoms. The van der Waals surface area contributed by atoms with Crippen molar-refractivity contribution in [3.05, 3.63) is 35.9 Å². The summed E-state index contributed by atoms with van der Waals surface area (Å²) in [6.07, 6.45) is -1.21. The number of nitrogens with zero attached hydrogens (tertiary/aromatic N) is 1. The third-order valence-electron chi connectivity index (χ3n) is 10.8. The molecule has 2 aliphatic rings. The number of thioether (sulfide) groups is 1. The minimum absolute atomic E-state index is 0.00877. The maximum atomic E-state index is 14.3. The average molecular weight is 1010 g/mol. The number of nitrogens with two attached hydrogens (primary N) is 3. The molecule has 2 bridgehead atoms. The van der Waals surface area contributed by atoms with E-state index in [2.05, 4.69) is 36.9 Å². The molecule has 374 valence electrons. The highest BCUT2D eigenvalue weighted by atomic mass is 33.1. The normalized spacial score (nSPS) is 24.6. The summed E-state index contributed by atoms with van der Waals surface area (Å²) in [4.78, 5) is 151. The Morgan fingerprint density at radius 3 is 1.99 bits per heavy atom. The fourth-order valence-electron chi connectivity index (χ4n) is 7.16. The number of aliphatic imine (C=N–C) groups is 1. The van der Waals surface area contributed by atoms with E-state index < -0.39 is 133 Å². The van der Waals surface area contributed by atoms with E-state index in [4.69, 9.17) is 17.2 Å². The topological polar surface area (TPSA) is 371 Å². The quantitative estimate of drug-likeness (QED) is 0.0438. The van der Waals surface area contributed by atoms with Gasteiger partial charge >= 0.3 is 5.97 Å². The number of carbonyl (C=O) groups is 11. The number of primary amides is 1. The van der Waals surface area contributed by atoms with Crippen LogP contribution in [0.3, 0.4) is 0 Å². The van der Waals surface area contributed by atoms with Crippen molar-refractivity contribution in [1.29, 1.82) is 0 Å². The number of Topliss-reactive ketones (excluding diaryl/α,β-unsaturated/α-hetero) is 3. The molecule has 0 spiro atoms. The molecular weight excluding hydrogens is 945 g/mol. The molecule has 2 aliphatic heterocycles. The molecule has 1 aromatic rings. The van der Waals surface area contributed by atoms with Crippen LogP contribution in [0.4, 0.5) is 0 Å². The van der Waals surface area contributed by atoms with Gasteiger partial charge in [0.1, 0.15) is 12.1 Å². The van der Waals surface area contributed by atoms with Crippen LogP contribution in [-0.2, 0) is 59.2 Å². The summed E-state index contributed by atoms with van der Waals surface area (Å²) in [5, 5.41) is 25.5. The summed E-state index contributed by atoms with van der Waals surface area (Å²) in [7, 11) is 2.05. The molecule has 0 aliphatic carbocycles. The Bertz CT molecular complexity index is 2010. The van der Waals surface area contributed by atoms with Crippen molar-refractivity contribution in [2.24, 2.45) is 39.9 Å². The van der Waals surface area contributed by atoms with E-state index >= 15 is 0 Å². The predicted octanol–water partition coefficient (Wildman–Crippen LogP) is -1.53. The van der Waals surface area contributed by atoms with Crippen LogP contribution >= 0.6 is 33.3 Å². The number of amides is 7. The molecule has 7 amide bonds. The first-order chi connectivity index (χ1) is 32.3. The Balaban J connectivity index is 2.13. The zero-order valence-electron chi connectivity index (χ0n) is 37.8. The molecule has 1 aromatic carbocycles. The Morgan fingerprint density at radius 1 is 0.735 bits per heavy atom. The lowest BCUT2D eigenvalue weighted by Gasteiger charge is -2.25. The monoisotopic (exact) mass is 1010 g/mol. The SMILES string of the molecule is CC(=O)NCCCC[C@@H]1NC(=O)CSC[C@@H](C(N)=O)NC(=O)[C@H](Cc2ccccc2)CC(=O)[C@@H]2CSSC[C@H](NC1=O)C(=O)C[C@@H](CCCN=C(N)N)C(=O)NCC(=O)C[C@@H](CC(=O)O)C(=O)N2. The van der Waals surface area contributed by atoms with Crippen LogP contribution < -0.4 is 49.1 Å². The highest BCUT2D eigenvalue weighted by molar-refractivity contribution is 8.76. The van der Waals surface area contributed by atoms with Gasteiger partial charge in [0.25, 0.3) is 0 Å². The van der Waals surface area contributed by atoms with E-state index in [0.29, 0.717) is 18.4 Å². The number of carbonyl (C=O) groups excluding carboxylic acids is 10.